The molecule has 0 saturated carbocycles. The summed E-state index contributed by atoms with van der Waals surface area (Å²) >= 11 is 6.59. The molecule has 1 aromatic carbocycles. The normalized spacial score (nSPS) is 20.7. The van der Waals surface area contributed by atoms with Crippen molar-refractivity contribution < 1.29 is 23.9 Å². The third-order valence-electron chi connectivity index (χ3n) is 8.36. The SMILES string of the molecule is CC(C)CN1CC(=O)N(C)C2CCc3c(c(nn3C)C(=O)NCCN(Cc3cc4c(cc3Cl)OCO4)CCCC1=O)C2. The second-order valence-electron chi connectivity index (χ2n) is 11.9. The lowest BCUT2D eigenvalue weighted by atomic mass is 9.90. The molecule has 12 heteroatoms. The van der Waals surface area contributed by atoms with E-state index in [4.69, 9.17) is 21.1 Å². The van der Waals surface area contributed by atoms with Crippen LogP contribution in [0.2, 0.25) is 5.02 Å². The fraction of sp³-hybridized carbons (Fsp3) is 0.600. The van der Waals surface area contributed by atoms with Crippen molar-refractivity contribution >= 4 is 29.3 Å². The van der Waals surface area contributed by atoms with Crippen molar-refractivity contribution in [3.05, 3.63) is 39.7 Å². The zero-order valence-electron chi connectivity index (χ0n) is 24.9. The monoisotopic (exact) mass is 600 g/mol. The Morgan fingerprint density at radius 3 is 2.60 bits per heavy atom. The van der Waals surface area contributed by atoms with Gasteiger partial charge in [0.25, 0.3) is 5.91 Å². The topological polar surface area (TPSA) is 109 Å². The molecule has 3 amide bonds. The Kier molecular flexibility index (Phi) is 9.27. The van der Waals surface area contributed by atoms with Crippen LogP contribution in [0.5, 0.6) is 11.5 Å². The van der Waals surface area contributed by atoms with Gasteiger partial charge in [0.2, 0.25) is 18.6 Å². The highest BCUT2D eigenvalue weighted by Gasteiger charge is 2.33. The number of halogens is 1. The Morgan fingerprint density at radius 1 is 1.07 bits per heavy atom. The number of hydrogen-bond acceptors (Lipinski definition) is 7. The summed E-state index contributed by atoms with van der Waals surface area (Å²) in [5.74, 6) is 1.18. The van der Waals surface area contributed by atoms with E-state index in [2.05, 4.69) is 29.2 Å². The standard InChI is InChI=1S/C30H41ClN6O5/c1-19(2)15-37-17-28(39)34(3)21-7-8-24-22(13-21)29(33-35(24)4)30(40)32-9-11-36(10-5-6-27(37)38)16-20-12-25-26(14-23(20)31)42-18-41-25/h12,14,19,21H,5-11,13,15-18H2,1-4H3,(H,32,40). The first kappa shape index (κ1) is 30.2. The largest absolute Gasteiger partial charge is 0.454 e. The van der Waals surface area contributed by atoms with Crippen molar-refractivity contribution in [3.8, 4) is 11.5 Å². The van der Waals surface area contributed by atoms with Crippen molar-refractivity contribution in [2.45, 2.75) is 58.5 Å². The van der Waals surface area contributed by atoms with E-state index in [1.165, 1.54) is 0 Å². The van der Waals surface area contributed by atoms with Crippen molar-refractivity contribution in [2.24, 2.45) is 13.0 Å². The minimum Gasteiger partial charge on any atom is -0.454 e. The van der Waals surface area contributed by atoms with E-state index in [1.807, 2.05) is 13.1 Å². The van der Waals surface area contributed by atoms with Gasteiger partial charge in [0.15, 0.2) is 17.2 Å². The number of carbonyl (C=O) groups excluding carboxylic acids is 3. The van der Waals surface area contributed by atoms with E-state index in [1.54, 1.807) is 27.6 Å². The van der Waals surface area contributed by atoms with Gasteiger partial charge in [-0.1, -0.05) is 25.4 Å². The summed E-state index contributed by atoms with van der Waals surface area (Å²) in [5, 5.41) is 8.19. The van der Waals surface area contributed by atoms with Gasteiger partial charge < -0.3 is 24.6 Å². The molecule has 1 aliphatic carbocycles. The van der Waals surface area contributed by atoms with E-state index in [9.17, 15) is 14.4 Å². The third-order valence-corrected chi connectivity index (χ3v) is 8.72. The summed E-state index contributed by atoms with van der Waals surface area (Å²) in [4.78, 5) is 45.8. The Labute approximate surface area is 252 Å². The number of likely N-dealkylation sites (N-methyl/N-ethyl adjacent to an activating group) is 1. The molecule has 228 valence electrons. The first-order valence-electron chi connectivity index (χ1n) is 14.8. The molecule has 0 fully saturated rings. The highest BCUT2D eigenvalue weighted by Crippen LogP contribution is 2.37. The number of fused-ring (bicyclic) bond motifs is 2. The highest BCUT2D eigenvalue weighted by molar-refractivity contribution is 6.31. The second-order valence-corrected chi connectivity index (χ2v) is 12.3. The van der Waals surface area contributed by atoms with E-state index >= 15 is 0 Å². The molecule has 1 atom stereocenters. The van der Waals surface area contributed by atoms with Crippen LogP contribution in [0.4, 0.5) is 0 Å². The van der Waals surface area contributed by atoms with Crippen LogP contribution in [0.3, 0.4) is 0 Å². The molecule has 2 aliphatic heterocycles. The Balaban J connectivity index is 1.39. The molecule has 0 radical (unpaired) electrons. The van der Waals surface area contributed by atoms with Crippen LogP contribution >= 0.6 is 11.6 Å². The number of aryl methyl sites for hydroxylation is 1. The quantitative estimate of drug-likeness (QED) is 0.575. The molecule has 1 N–H and O–H groups in total. The van der Waals surface area contributed by atoms with Gasteiger partial charge in [-0.15, -0.1) is 0 Å². The van der Waals surface area contributed by atoms with Crippen LogP contribution in [0.25, 0.3) is 0 Å². The smallest absolute Gasteiger partial charge is 0.272 e. The third kappa shape index (κ3) is 6.67. The Bertz CT molecular complexity index is 1340. The van der Waals surface area contributed by atoms with Gasteiger partial charge in [0.05, 0.1) is 6.54 Å². The fourth-order valence-corrected chi connectivity index (χ4v) is 6.29. The molecule has 5 rings (SSSR count). The van der Waals surface area contributed by atoms with Crippen molar-refractivity contribution in [3.63, 3.8) is 0 Å². The summed E-state index contributed by atoms with van der Waals surface area (Å²) in [6.07, 6.45) is 2.99. The number of rotatable bonds is 4. The number of hydrogen-bond donors (Lipinski definition) is 1. The van der Waals surface area contributed by atoms with Crippen LogP contribution in [0.1, 0.15) is 60.4 Å². The van der Waals surface area contributed by atoms with E-state index < -0.39 is 0 Å². The van der Waals surface area contributed by atoms with Gasteiger partial charge in [-0.3, -0.25) is 24.0 Å². The Morgan fingerprint density at radius 2 is 1.83 bits per heavy atom. The van der Waals surface area contributed by atoms with Gasteiger partial charge in [-0.05, 0) is 49.8 Å². The number of aromatic nitrogens is 2. The van der Waals surface area contributed by atoms with Crippen molar-refractivity contribution in [1.82, 2.24) is 29.8 Å². The molecule has 2 aromatic rings. The Hall–Kier alpha value is -3.31. The van der Waals surface area contributed by atoms with Crippen LogP contribution in [0.15, 0.2) is 12.1 Å². The average molecular weight is 601 g/mol. The molecule has 42 heavy (non-hydrogen) atoms. The van der Waals surface area contributed by atoms with Gasteiger partial charge in [-0.25, -0.2) is 0 Å². The number of ether oxygens (including phenoxy) is 2. The predicted molar refractivity (Wildman–Crippen MR) is 158 cm³/mol. The number of benzene rings is 1. The first-order valence-corrected chi connectivity index (χ1v) is 15.1. The molecule has 11 nitrogen and oxygen atoms in total. The minimum atomic E-state index is -0.217. The van der Waals surface area contributed by atoms with Crippen LogP contribution < -0.4 is 14.8 Å². The summed E-state index contributed by atoms with van der Waals surface area (Å²) in [7, 11) is 3.67. The van der Waals surface area contributed by atoms with Gasteiger partial charge >= 0.3 is 0 Å². The second kappa shape index (κ2) is 12.9. The van der Waals surface area contributed by atoms with E-state index in [0.29, 0.717) is 74.2 Å². The molecule has 3 heterocycles. The number of carbonyl (C=O) groups is 3. The maximum atomic E-state index is 13.4. The summed E-state index contributed by atoms with van der Waals surface area (Å²) in [6.45, 7) is 6.92. The molecule has 0 spiro atoms. The lowest BCUT2D eigenvalue weighted by molar-refractivity contribution is -0.141. The molecule has 0 saturated heterocycles. The van der Waals surface area contributed by atoms with E-state index in [0.717, 1.165) is 29.7 Å². The van der Waals surface area contributed by atoms with Gasteiger partial charge in [-0.2, -0.15) is 5.10 Å². The minimum absolute atomic E-state index is 0.0235. The number of nitrogens with one attached hydrogen (secondary N) is 1. The van der Waals surface area contributed by atoms with Crippen LogP contribution in [0, 0.1) is 5.92 Å². The lowest BCUT2D eigenvalue weighted by Crippen LogP contribution is -2.47. The molecule has 2 bridgehead atoms. The van der Waals surface area contributed by atoms with E-state index in [-0.39, 0.29) is 43.0 Å². The number of amides is 3. The molecule has 1 unspecified atom stereocenters. The van der Waals surface area contributed by atoms with Crippen LogP contribution in [-0.2, 0) is 36.0 Å². The zero-order chi connectivity index (χ0) is 30.0. The molecular formula is C30H41ClN6O5. The van der Waals surface area contributed by atoms with Crippen LogP contribution in [-0.4, -0.2) is 94.8 Å². The molecular weight excluding hydrogens is 560 g/mol. The maximum Gasteiger partial charge on any atom is 0.272 e. The molecule has 3 aliphatic rings. The van der Waals surface area contributed by atoms with Gasteiger partial charge in [0.1, 0.15) is 0 Å². The van der Waals surface area contributed by atoms with Crippen molar-refractivity contribution in [2.75, 3.05) is 46.6 Å². The zero-order valence-corrected chi connectivity index (χ0v) is 25.7. The fourth-order valence-electron chi connectivity index (χ4n) is 6.07. The molecule has 1 aromatic heterocycles. The summed E-state index contributed by atoms with van der Waals surface area (Å²) in [5.41, 5.74) is 3.23. The highest BCUT2D eigenvalue weighted by atomic mass is 35.5. The van der Waals surface area contributed by atoms with Gasteiger partial charge in [0, 0.05) is 75.1 Å². The lowest BCUT2D eigenvalue weighted by Gasteiger charge is -2.34. The predicted octanol–water partition coefficient (Wildman–Crippen LogP) is 2.63. The summed E-state index contributed by atoms with van der Waals surface area (Å²) < 4.78 is 12.8. The average Bonchev–Trinajstić information content (AvgIpc) is 3.54. The summed E-state index contributed by atoms with van der Waals surface area (Å²) in [6, 6.07) is 3.59. The maximum absolute atomic E-state index is 13.4. The number of nitrogens with zero attached hydrogens (tertiary/aromatic N) is 5. The van der Waals surface area contributed by atoms with Crippen molar-refractivity contribution in [1.29, 1.82) is 0 Å². The first-order chi connectivity index (χ1) is 20.1.